The number of aromatic amines is 1. The van der Waals surface area contributed by atoms with Crippen molar-refractivity contribution in [3.8, 4) is 0 Å². The van der Waals surface area contributed by atoms with E-state index in [4.69, 9.17) is 4.74 Å². The van der Waals surface area contributed by atoms with Crippen LogP contribution in [0.25, 0.3) is 0 Å². The first-order valence-corrected chi connectivity index (χ1v) is 7.31. The normalized spacial score (nSPS) is 18.8. The summed E-state index contributed by atoms with van der Waals surface area (Å²) >= 11 is 1.54. The number of likely N-dealkylation sites (tertiary alicyclic amines) is 1. The first kappa shape index (κ1) is 14.1. The van der Waals surface area contributed by atoms with E-state index >= 15 is 0 Å². The summed E-state index contributed by atoms with van der Waals surface area (Å²) in [6.45, 7) is 2.04. The largest absolute Gasteiger partial charge is 0.383 e. The van der Waals surface area contributed by atoms with Crippen LogP contribution in [-0.2, 0) is 4.74 Å². The van der Waals surface area contributed by atoms with Gasteiger partial charge in [-0.1, -0.05) is 11.8 Å². The number of hydrogen-bond donors (Lipinski definition) is 2. The minimum Gasteiger partial charge on any atom is -0.383 e. The molecule has 19 heavy (non-hydrogen) atoms. The molecule has 1 aliphatic heterocycles. The number of thioether (sulfide) groups is 1. The zero-order chi connectivity index (χ0) is 13.5. The molecule has 0 aliphatic carbocycles. The van der Waals surface area contributed by atoms with Crippen molar-refractivity contribution in [2.45, 2.75) is 24.0 Å². The molecule has 106 valence electrons. The Morgan fingerprint density at radius 3 is 3.37 bits per heavy atom. The number of nitrogens with one attached hydrogen (secondary N) is 2. The molecule has 1 atom stereocenters. The Labute approximate surface area is 116 Å². The van der Waals surface area contributed by atoms with Gasteiger partial charge in [0.25, 0.3) is 0 Å². The number of H-pyrrole nitrogens is 1. The molecule has 0 saturated carbocycles. The Hall–Kier alpha value is -1.28. The Morgan fingerprint density at radius 2 is 2.63 bits per heavy atom. The molecule has 0 unspecified atom stereocenters. The summed E-state index contributed by atoms with van der Waals surface area (Å²) in [6.07, 6.45) is 3.54. The smallest absolute Gasteiger partial charge is 0.317 e. The summed E-state index contributed by atoms with van der Waals surface area (Å²) in [5.74, 6) is 0.768. The van der Waals surface area contributed by atoms with Crippen LogP contribution in [0.15, 0.2) is 11.5 Å². The number of hydrogen-bond acceptors (Lipinski definition) is 5. The van der Waals surface area contributed by atoms with Crippen LogP contribution in [0.5, 0.6) is 0 Å². The van der Waals surface area contributed by atoms with Crippen molar-refractivity contribution >= 4 is 17.8 Å². The average Bonchev–Trinajstić information content (AvgIpc) is 3.05. The van der Waals surface area contributed by atoms with Crippen LogP contribution in [-0.4, -0.2) is 64.7 Å². The van der Waals surface area contributed by atoms with Crippen LogP contribution in [0.2, 0.25) is 0 Å². The zero-order valence-corrected chi connectivity index (χ0v) is 11.8. The highest BCUT2D eigenvalue weighted by atomic mass is 32.2. The van der Waals surface area contributed by atoms with Crippen molar-refractivity contribution in [2.75, 3.05) is 32.6 Å². The second kappa shape index (κ2) is 7.34. The summed E-state index contributed by atoms with van der Waals surface area (Å²) in [4.78, 5) is 17.9. The standard InChI is InChI=1S/C11H19N5O2S/c1-18-7-9-3-2-5-16(9)11(17)12-4-6-19-10-13-8-14-15-10/h8-9H,2-7H2,1H3,(H,12,17)(H,13,14,15)/t9-/m0/s1. The van der Waals surface area contributed by atoms with Crippen molar-refractivity contribution in [1.29, 1.82) is 0 Å². The number of carbonyl (C=O) groups is 1. The van der Waals surface area contributed by atoms with E-state index in [1.165, 1.54) is 18.1 Å². The van der Waals surface area contributed by atoms with Crippen molar-refractivity contribution in [3.05, 3.63) is 6.33 Å². The lowest BCUT2D eigenvalue weighted by atomic mass is 10.2. The van der Waals surface area contributed by atoms with Crippen molar-refractivity contribution in [3.63, 3.8) is 0 Å². The van der Waals surface area contributed by atoms with Gasteiger partial charge in [0.2, 0.25) is 0 Å². The predicted molar refractivity (Wildman–Crippen MR) is 72.1 cm³/mol. The van der Waals surface area contributed by atoms with E-state index in [1.807, 2.05) is 4.90 Å². The van der Waals surface area contributed by atoms with E-state index in [1.54, 1.807) is 7.11 Å². The molecule has 1 saturated heterocycles. The van der Waals surface area contributed by atoms with Gasteiger partial charge in [-0.3, -0.25) is 5.10 Å². The van der Waals surface area contributed by atoms with Gasteiger partial charge in [-0.2, -0.15) is 5.10 Å². The minimum atomic E-state index is -0.00211. The number of ether oxygens (including phenoxy) is 1. The number of amides is 2. The molecule has 2 N–H and O–H groups in total. The van der Waals surface area contributed by atoms with Crippen LogP contribution in [0.1, 0.15) is 12.8 Å². The van der Waals surface area contributed by atoms with Gasteiger partial charge in [0.05, 0.1) is 12.6 Å². The number of carbonyl (C=O) groups excluding carboxylic acids is 1. The Morgan fingerprint density at radius 1 is 1.74 bits per heavy atom. The fourth-order valence-corrected chi connectivity index (χ4v) is 2.78. The highest BCUT2D eigenvalue weighted by molar-refractivity contribution is 7.99. The highest BCUT2D eigenvalue weighted by Crippen LogP contribution is 2.17. The van der Waals surface area contributed by atoms with Gasteiger partial charge < -0.3 is 15.0 Å². The van der Waals surface area contributed by atoms with Crippen LogP contribution in [0.3, 0.4) is 0 Å². The summed E-state index contributed by atoms with van der Waals surface area (Å²) in [7, 11) is 1.67. The van der Waals surface area contributed by atoms with Crippen LogP contribution in [0.4, 0.5) is 4.79 Å². The second-order valence-corrected chi connectivity index (χ2v) is 5.40. The molecule has 0 aromatic carbocycles. The van der Waals surface area contributed by atoms with Gasteiger partial charge in [-0.05, 0) is 12.8 Å². The van der Waals surface area contributed by atoms with Gasteiger partial charge >= 0.3 is 6.03 Å². The SMILES string of the molecule is COC[C@@H]1CCCN1C(=O)NCCSc1ncn[nH]1. The zero-order valence-electron chi connectivity index (χ0n) is 11.0. The molecular weight excluding hydrogens is 266 g/mol. The molecular formula is C11H19N5O2S. The van der Waals surface area contributed by atoms with Crippen LogP contribution >= 0.6 is 11.8 Å². The number of rotatable bonds is 6. The van der Waals surface area contributed by atoms with Gasteiger partial charge in [-0.25, -0.2) is 9.78 Å². The molecule has 2 amide bonds. The van der Waals surface area contributed by atoms with Gasteiger partial charge in [0, 0.05) is 26.0 Å². The molecule has 1 aromatic heterocycles. The van der Waals surface area contributed by atoms with E-state index in [9.17, 15) is 4.79 Å². The predicted octanol–water partition coefficient (Wildman–Crippen LogP) is 0.717. The van der Waals surface area contributed by atoms with Crippen LogP contribution < -0.4 is 5.32 Å². The molecule has 1 aliphatic rings. The van der Waals surface area contributed by atoms with Gasteiger partial charge in [0.1, 0.15) is 6.33 Å². The molecule has 7 nitrogen and oxygen atoms in total. The van der Waals surface area contributed by atoms with Crippen molar-refractivity contribution in [1.82, 2.24) is 25.4 Å². The molecule has 0 bridgehead atoms. The lowest BCUT2D eigenvalue weighted by molar-refractivity contribution is 0.124. The Kier molecular flexibility index (Phi) is 5.46. The molecule has 1 fully saturated rings. The van der Waals surface area contributed by atoms with E-state index in [0.29, 0.717) is 13.2 Å². The maximum atomic E-state index is 12.0. The lowest BCUT2D eigenvalue weighted by Gasteiger charge is -2.24. The highest BCUT2D eigenvalue weighted by Gasteiger charge is 2.28. The van der Waals surface area contributed by atoms with Crippen molar-refractivity contribution in [2.24, 2.45) is 0 Å². The average molecular weight is 285 g/mol. The van der Waals surface area contributed by atoms with E-state index in [2.05, 4.69) is 20.5 Å². The maximum Gasteiger partial charge on any atom is 0.317 e. The van der Waals surface area contributed by atoms with Gasteiger partial charge in [0.15, 0.2) is 5.16 Å². The number of aromatic nitrogens is 3. The summed E-state index contributed by atoms with van der Waals surface area (Å²) in [5, 5.41) is 10.2. The molecule has 8 heteroatoms. The minimum absolute atomic E-state index is 0.00211. The Balaban J connectivity index is 1.66. The molecule has 0 radical (unpaired) electrons. The number of methoxy groups -OCH3 is 1. The van der Waals surface area contributed by atoms with E-state index < -0.39 is 0 Å². The lowest BCUT2D eigenvalue weighted by Crippen LogP contribution is -2.45. The molecule has 2 heterocycles. The topological polar surface area (TPSA) is 83.1 Å². The fraction of sp³-hybridized carbons (Fsp3) is 0.727. The monoisotopic (exact) mass is 285 g/mol. The van der Waals surface area contributed by atoms with Crippen molar-refractivity contribution < 1.29 is 9.53 Å². The quantitative estimate of drug-likeness (QED) is 0.594. The maximum absolute atomic E-state index is 12.0. The Bertz CT molecular complexity index is 386. The second-order valence-electron chi connectivity index (χ2n) is 4.32. The number of urea groups is 1. The van der Waals surface area contributed by atoms with E-state index in [0.717, 1.165) is 30.3 Å². The summed E-state index contributed by atoms with van der Waals surface area (Å²) in [5.41, 5.74) is 0. The molecule has 1 aromatic rings. The van der Waals surface area contributed by atoms with Gasteiger partial charge in [-0.15, -0.1) is 0 Å². The molecule has 0 spiro atoms. The molecule has 2 rings (SSSR count). The van der Waals surface area contributed by atoms with E-state index in [-0.39, 0.29) is 12.1 Å². The van der Waals surface area contributed by atoms with Crippen LogP contribution in [0, 0.1) is 0 Å². The first-order chi connectivity index (χ1) is 9.31. The third kappa shape index (κ3) is 4.10. The summed E-state index contributed by atoms with van der Waals surface area (Å²) < 4.78 is 5.14. The first-order valence-electron chi connectivity index (χ1n) is 6.33. The fourth-order valence-electron chi connectivity index (χ4n) is 2.14. The number of nitrogens with zero attached hydrogens (tertiary/aromatic N) is 3. The third-order valence-corrected chi connectivity index (χ3v) is 3.89. The summed E-state index contributed by atoms with van der Waals surface area (Å²) in [6, 6.07) is 0.213. The third-order valence-electron chi connectivity index (χ3n) is 3.01.